The Morgan fingerprint density at radius 2 is 1.91 bits per heavy atom. The Morgan fingerprint density at radius 1 is 1.30 bits per heavy atom. The van der Waals surface area contributed by atoms with Crippen LogP contribution >= 0.6 is 0 Å². The van der Waals surface area contributed by atoms with Gasteiger partial charge in [0.1, 0.15) is 11.0 Å². The van der Waals surface area contributed by atoms with Crippen molar-refractivity contribution < 1.29 is 9.53 Å². The normalized spacial score (nSPS) is 16.6. The minimum atomic E-state index is -0.597. The number of rotatable bonds is 1. The number of amides is 1. The Kier molecular flexibility index (Phi) is 6.56. The van der Waals surface area contributed by atoms with E-state index >= 15 is 0 Å². The second-order valence-corrected chi connectivity index (χ2v) is 6.38. The third kappa shape index (κ3) is 4.95. The molecule has 5 nitrogen and oxygen atoms in total. The molecule has 2 heterocycles. The average Bonchev–Trinajstić information content (AvgIpc) is 2.56. The maximum atomic E-state index is 12.1. The minimum Gasteiger partial charge on any atom is -0.444 e. The minimum absolute atomic E-state index is 0.310. The van der Waals surface area contributed by atoms with Crippen LogP contribution in [-0.4, -0.2) is 34.7 Å². The van der Waals surface area contributed by atoms with Crippen molar-refractivity contribution in [1.29, 1.82) is 5.26 Å². The molecule has 0 aliphatic carbocycles. The van der Waals surface area contributed by atoms with Gasteiger partial charge in [-0.05, 0) is 45.7 Å². The van der Waals surface area contributed by atoms with Crippen molar-refractivity contribution in [2.45, 2.75) is 58.5 Å². The molecule has 0 unspecified atom stereocenters. The lowest BCUT2D eigenvalue weighted by Crippen LogP contribution is -2.46. The first-order valence-electron chi connectivity index (χ1n) is 8.17. The highest BCUT2D eigenvalue weighted by molar-refractivity contribution is 5.68. The first-order valence-corrected chi connectivity index (χ1v) is 8.17. The lowest BCUT2D eigenvalue weighted by atomic mass is 9.77. The monoisotopic (exact) mass is 317 g/mol. The molecule has 0 aromatic carbocycles. The third-order valence-electron chi connectivity index (χ3n) is 3.64. The number of carbonyl (C=O) groups excluding carboxylic acids is 1. The summed E-state index contributed by atoms with van der Waals surface area (Å²) in [6, 6.07) is 8.01. The van der Waals surface area contributed by atoms with Crippen molar-refractivity contribution in [3.05, 3.63) is 30.1 Å². The molecule has 126 valence electrons. The summed E-state index contributed by atoms with van der Waals surface area (Å²) in [4.78, 5) is 18.0. The van der Waals surface area contributed by atoms with Gasteiger partial charge < -0.3 is 9.64 Å². The van der Waals surface area contributed by atoms with Gasteiger partial charge in [-0.2, -0.15) is 5.26 Å². The van der Waals surface area contributed by atoms with E-state index in [9.17, 15) is 10.1 Å². The standard InChI is InChI=1S/C16H21N3O2.C2H6/c1-15(2,3)21-14(20)19-10-7-16(12-17,8-11-19)13-6-4-5-9-18-13;1-2/h4-6,9H,7-8,10-11H2,1-3H3;1-2H3. The lowest BCUT2D eigenvalue weighted by Gasteiger charge is -2.37. The number of aromatic nitrogens is 1. The van der Waals surface area contributed by atoms with Gasteiger partial charge in [0.25, 0.3) is 0 Å². The Hall–Kier alpha value is -2.09. The molecule has 2 rings (SSSR count). The van der Waals surface area contributed by atoms with Gasteiger partial charge in [-0.15, -0.1) is 0 Å². The highest BCUT2D eigenvalue weighted by atomic mass is 16.6. The SMILES string of the molecule is CC.CC(C)(C)OC(=O)N1CCC(C#N)(c2ccccn2)CC1. The Morgan fingerprint density at radius 3 is 2.35 bits per heavy atom. The second kappa shape index (κ2) is 7.96. The van der Waals surface area contributed by atoms with E-state index in [0.29, 0.717) is 25.9 Å². The van der Waals surface area contributed by atoms with Gasteiger partial charge in [-0.25, -0.2) is 4.79 Å². The van der Waals surface area contributed by atoms with Crippen LogP contribution in [0.5, 0.6) is 0 Å². The zero-order valence-electron chi connectivity index (χ0n) is 14.8. The molecule has 1 aliphatic rings. The van der Waals surface area contributed by atoms with E-state index in [-0.39, 0.29) is 6.09 Å². The first kappa shape index (κ1) is 19.0. The zero-order chi connectivity index (χ0) is 17.5. The van der Waals surface area contributed by atoms with Crippen LogP contribution in [0.25, 0.3) is 0 Å². The average molecular weight is 317 g/mol. The van der Waals surface area contributed by atoms with Crippen LogP contribution in [0, 0.1) is 11.3 Å². The van der Waals surface area contributed by atoms with Gasteiger partial charge in [-0.1, -0.05) is 19.9 Å². The number of hydrogen-bond donors (Lipinski definition) is 0. The lowest BCUT2D eigenvalue weighted by molar-refractivity contribution is 0.0184. The molecule has 1 fully saturated rings. The summed E-state index contributed by atoms with van der Waals surface area (Å²) in [6.45, 7) is 10.6. The van der Waals surface area contributed by atoms with Crippen molar-refractivity contribution >= 4 is 6.09 Å². The van der Waals surface area contributed by atoms with E-state index in [1.807, 2.05) is 52.8 Å². The van der Waals surface area contributed by atoms with Crippen LogP contribution < -0.4 is 0 Å². The van der Waals surface area contributed by atoms with Gasteiger partial charge in [0.05, 0.1) is 11.8 Å². The van der Waals surface area contributed by atoms with E-state index in [1.54, 1.807) is 11.1 Å². The number of carbonyl (C=O) groups is 1. The second-order valence-electron chi connectivity index (χ2n) is 6.38. The quantitative estimate of drug-likeness (QED) is 0.788. The Balaban J connectivity index is 0.00000127. The summed E-state index contributed by atoms with van der Waals surface area (Å²) in [7, 11) is 0. The third-order valence-corrected chi connectivity index (χ3v) is 3.64. The fourth-order valence-corrected chi connectivity index (χ4v) is 2.47. The molecular formula is C18H27N3O2. The van der Waals surface area contributed by atoms with Crippen molar-refractivity contribution in [3.63, 3.8) is 0 Å². The number of nitriles is 1. The van der Waals surface area contributed by atoms with E-state index in [0.717, 1.165) is 5.69 Å². The molecule has 23 heavy (non-hydrogen) atoms. The predicted molar refractivity (Wildman–Crippen MR) is 89.9 cm³/mol. The van der Waals surface area contributed by atoms with Crippen LogP contribution in [0.1, 0.15) is 53.2 Å². The highest BCUT2D eigenvalue weighted by Crippen LogP contribution is 2.34. The summed E-state index contributed by atoms with van der Waals surface area (Å²) in [5.41, 5.74) is -0.307. The number of hydrogen-bond acceptors (Lipinski definition) is 4. The molecule has 0 atom stereocenters. The molecule has 1 aromatic heterocycles. The molecule has 0 spiro atoms. The topological polar surface area (TPSA) is 66.2 Å². The number of likely N-dealkylation sites (tertiary alicyclic amines) is 1. The molecule has 5 heteroatoms. The fraction of sp³-hybridized carbons (Fsp3) is 0.611. The van der Waals surface area contributed by atoms with Crippen LogP contribution in [0.2, 0.25) is 0 Å². The van der Waals surface area contributed by atoms with Gasteiger partial charge >= 0.3 is 6.09 Å². The van der Waals surface area contributed by atoms with Crippen LogP contribution in [-0.2, 0) is 10.2 Å². The molecule has 1 aromatic rings. The van der Waals surface area contributed by atoms with E-state index < -0.39 is 11.0 Å². The molecule has 0 saturated carbocycles. The van der Waals surface area contributed by atoms with Gasteiger partial charge in [0, 0.05) is 19.3 Å². The summed E-state index contributed by atoms with van der Waals surface area (Å²) in [5.74, 6) is 0. The van der Waals surface area contributed by atoms with Crippen molar-refractivity contribution in [3.8, 4) is 6.07 Å². The van der Waals surface area contributed by atoms with Crippen LogP contribution in [0.4, 0.5) is 4.79 Å². The first-order chi connectivity index (χ1) is 10.9. The van der Waals surface area contributed by atoms with Crippen molar-refractivity contribution in [2.24, 2.45) is 0 Å². The molecule has 0 bridgehead atoms. The van der Waals surface area contributed by atoms with E-state index in [4.69, 9.17) is 4.74 Å². The van der Waals surface area contributed by atoms with Crippen LogP contribution in [0.15, 0.2) is 24.4 Å². The fourth-order valence-electron chi connectivity index (χ4n) is 2.47. The summed E-state index contributed by atoms with van der Waals surface area (Å²) >= 11 is 0. The van der Waals surface area contributed by atoms with Gasteiger partial charge in [0.2, 0.25) is 0 Å². The number of pyridine rings is 1. The number of piperidine rings is 1. The number of nitrogens with zero attached hydrogens (tertiary/aromatic N) is 3. The zero-order valence-corrected chi connectivity index (χ0v) is 14.8. The molecule has 1 saturated heterocycles. The van der Waals surface area contributed by atoms with Crippen LogP contribution in [0.3, 0.4) is 0 Å². The largest absolute Gasteiger partial charge is 0.444 e. The predicted octanol–water partition coefficient (Wildman–Crippen LogP) is 3.90. The van der Waals surface area contributed by atoms with Crippen molar-refractivity contribution in [1.82, 2.24) is 9.88 Å². The molecular weight excluding hydrogens is 290 g/mol. The van der Waals surface area contributed by atoms with E-state index in [1.165, 1.54) is 0 Å². The van der Waals surface area contributed by atoms with Gasteiger partial charge in [0.15, 0.2) is 0 Å². The summed E-state index contributed by atoms with van der Waals surface area (Å²) < 4.78 is 5.37. The van der Waals surface area contributed by atoms with E-state index in [2.05, 4.69) is 11.1 Å². The highest BCUT2D eigenvalue weighted by Gasteiger charge is 2.39. The summed E-state index contributed by atoms with van der Waals surface area (Å²) in [6.07, 6.45) is 2.56. The number of ether oxygens (including phenoxy) is 1. The molecule has 0 N–H and O–H groups in total. The molecule has 1 amide bonds. The smallest absolute Gasteiger partial charge is 0.410 e. The van der Waals surface area contributed by atoms with Gasteiger partial charge in [-0.3, -0.25) is 4.98 Å². The summed E-state index contributed by atoms with van der Waals surface area (Å²) in [5, 5.41) is 9.58. The molecule has 1 aliphatic heterocycles. The maximum absolute atomic E-state index is 12.1. The molecule has 0 radical (unpaired) electrons. The Bertz CT molecular complexity index is 536. The maximum Gasteiger partial charge on any atom is 0.410 e. The Labute approximate surface area is 139 Å². The van der Waals surface area contributed by atoms with Crippen molar-refractivity contribution in [2.75, 3.05) is 13.1 Å².